The molecule has 0 spiro atoms. The van der Waals surface area contributed by atoms with Crippen molar-refractivity contribution in [3.63, 3.8) is 0 Å². The summed E-state index contributed by atoms with van der Waals surface area (Å²) in [5.41, 5.74) is 1.38. The second kappa shape index (κ2) is 13.5. The normalized spacial score (nSPS) is 15.7. The maximum Gasteiger partial charge on any atom is 0.318 e. The van der Waals surface area contributed by atoms with Crippen molar-refractivity contribution in [2.75, 3.05) is 5.75 Å². The molecule has 0 radical (unpaired) electrons. The highest BCUT2D eigenvalue weighted by atomic mass is 33.1. The van der Waals surface area contributed by atoms with Gasteiger partial charge in [-0.05, 0) is 72.4 Å². The Balaban J connectivity index is 1.28. The van der Waals surface area contributed by atoms with E-state index in [1.54, 1.807) is 37.3 Å². The van der Waals surface area contributed by atoms with E-state index in [4.69, 9.17) is 9.47 Å². The number of carbonyl (C=O) groups excluding carboxylic acids is 2. The maximum absolute atomic E-state index is 12.7. The van der Waals surface area contributed by atoms with Crippen LogP contribution in [0.1, 0.15) is 56.1 Å². The highest BCUT2D eigenvalue weighted by Gasteiger charge is 2.19. The van der Waals surface area contributed by atoms with Gasteiger partial charge in [0, 0.05) is 17.4 Å². The first-order chi connectivity index (χ1) is 18.4. The van der Waals surface area contributed by atoms with E-state index < -0.39 is 17.0 Å². The minimum absolute atomic E-state index is 0.172. The maximum atomic E-state index is 12.7. The summed E-state index contributed by atoms with van der Waals surface area (Å²) in [6.45, 7) is 1.60. The highest BCUT2D eigenvalue weighted by molar-refractivity contribution is 8.77. The number of unbranched alkanes of at least 4 members (excludes halogenated alkanes) is 1. The van der Waals surface area contributed by atoms with Crippen LogP contribution in [-0.4, -0.2) is 28.0 Å². The molecule has 0 saturated carbocycles. The van der Waals surface area contributed by atoms with Crippen molar-refractivity contribution >= 4 is 44.3 Å². The van der Waals surface area contributed by atoms with Gasteiger partial charge in [0.25, 0.3) is 5.09 Å². The van der Waals surface area contributed by atoms with E-state index in [0.29, 0.717) is 23.5 Å². The molecule has 2 atom stereocenters. The number of nitrogens with zero attached hydrogens (tertiary/aromatic N) is 1. The fourth-order valence-corrected chi connectivity index (χ4v) is 7.11. The number of hydrogen-bond donors (Lipinski definition) is 0. The molecule has 1 aliphatic heterocycles. The quantitative estimate of drug-likeness (QED) is 0.0590. The van der Waals surface area contributed by atoms with Crippen molar-refractivity contribution in [3.05, 3.63) is 81.9 Å². The molecule has 0 amide bonds. The van der Waals surface area contributed by atoms with Gasteiger partial charge in [-0.3, -0.25) is 9.59 Å². The third-order valence-electron chi connectivity index (χ3n) is 6.28. The lowest BCUT2D eigenvalue weighted by molar-refractivity contribution is -0.763. The minimum atomic E-state index is -0.856. The molecular formula is C28H29NO7S2. The van der Waals surface area contributed by atoms with Crippen molar-refractivity contribution in [3.8, 4) is 11.5 Å². The number of carbonyl (C=O) groups is 2. The number of ether oxygens (including phenoxy) is 2. The molecule has 1 heterocycles. The lowest BCUT2D eigenvalue weighted by Crippen LogP contribution is -2.16. The summed E-state index contributed by atoms with van der Waals surface area (Å²) in [6, 6.07) is 17.5. The van der Waals surface area contributed by atoms with E-state index in [-0.39, 0.29) is 12.6 Å². The van der Waals surface area contributed by atoms with Crippen LogP contribution in [0.25, 0.3) is 10.8 Å². The van der Waals surface area contributed by atoms with Crippen LogP contribution in [-0.2, 0) is 21.0 Å². The molecule has 3 aromatic carbocycles. The van der Waals surface area contributed by atoms with Crippen LogP contribution in [0.5, 0.6) is 11.5 Å². The van der Waals surface area contributed by atoms with Gasteiger partial charge < -0.3 is 14.3 Å². The Bertz CT molecular complexity index is 1280. The highest BCUT2D eigenvalue weighted by Crippen LogP contribution is 2.40. The number of fused-ring (bicyclic) bond motifs is 1. The molecule has 4 rings (SSSR count). The smallest absolute Gasteiger partial charge is 0.318 e. The number of benzene rings is 3. The average molecular weight is 556 g/mol. The summed E-state index contributed by atoms with van der Waals surface area (Å²) < 4.78 is 11.0. The first kappa shape index (κ1) is 27.8. The second-order valence-electron chi connectivity index (χ2n) is 9.10. The zero-order chi connectivity index (χ0) is 26.9. The molecule has 200 valence electrons. The Morgan fingerprint density at radius 1 is 1.00 bits per heavy atom. The van der Waals surface area contributed by atoms with Gasteiger partial charge in [-0.2, -0.15) is 0 Å². The van der Waals surface area contributed by atoms with Crippen LogP contribution < -0.4 is 9.47 Å². The molecule has 3 aromatic rings. The average Bonchev–Trinajstić information content (AvgIpc) is 3.43. The van der Waals surface area contributed by atoms with Crippen LogP contribution in [0, 0.1) is 10.1 Å². The molecule has 10 heteroatoms. The van der Waals surface area contributed by atoms with Crippen molar-refractivity contribution < 1.29 is 29.0 Å². The van der Waals surface area contributed by atoms with E-state index in [0.717, 1.165) is 40.8 Å². The van der Waals surface area contributed by atoms with Gasteiger partial charge in [0.1, 0.15) is 18.1 Å². The Hall–Kier alpha value is -3.24. The molecule has 0 bridgehead atoms. The molecule has 1 saturated heterocycles. The van der Waals surface area contributed by atoms with E-state index in [1.807, 2.05) is 51.9 Å². The summed E-state index contributed by atoms with van der Waals surface area (Å²) in [7, 11) is 3.90. The van der Waals surface area contributed by atoms with E-state index in [2.05, 4.69) is 4.84 Å². The van der Waals surface area contributed by atoms with Gasteiger partial charge in [0.15, 0.2) is 0 Å². The van der Waals surface area contributed by atoms with Gasteiger partial charge in [-0.15, -0.1) is 10.1 Å². The summed E-state index contributed by atoms with van der Waals surface area (Å²) in [4.78, 5) is 39.6. The van der Waals surface area contributed by atoms with Crippen LogP contribution in [0.3, 0.4) is 0 Å². The van der Waals surface area contributed by atoms with E-state index in [9.17, 15) is 19.7 Å². The monoisotopic (exact) mass is 555 g/mol. The first-order valence-electron chi connectivity index (χ1n) is 12.5. The third-order valence-corrected chi connectivity index (χ3v) is 9.29. The molecule has 0 N–H and O–H groups in total. The van der Waals surface area contributed by atoms with Crippen molar-refractivity contribution in [2.24, 2.45) is 0 Å². The van der Waals surface area contributed by atoms with Gasteiger partial charge >= 0.3 is 11.9 Å². The zero-order valence-electron chi connectivity index (χ0n) is 21.0. The largest absolute Gasteiger partial charge is 0.427 e. The zero-order valence-corrected chi connectivity index (χ0v) is 22.6. The molecule has 8 nitrogen and oxygen atoms in total. The van der Waals surface area contributed by atoms with Gasteiger partial charge in [-0.25, -0.2) is 0 Å². The second-order valence-corrected chi connectivity index (χ2v) is 11.9. The Kier molecular flexibility index (Phi) is 9.89. The molecule has 1 fully saturated rings. The Morgan fingerprint density at radius 2 is 1.74 bits per heavy atom. The molecule has 0 unspecified atom stereocenters. The Morgan fingerprint density at radius 3 is 2.47 bits per heavy atom. The van der Waals surface area contributed by atoms with Crippen LogP contribution in [0.4, 0.5) is 0 Å². The summed E-state index contributed by atoms with van der Waals surface area (Å²) in [5.74, 6) is 0.924. The third kappa shape index (κ3) is 8.13. The molecule has 0 aliphatic carbocycles. The summed E-state index contributed by atoms with van der Waals surface area (Å²) in [6.07, 6.45) is 4.71. The fourth-order valence-electron chi connectivity index (χ4n) is 4.08. The van der Waals surface area contributed by atoms with E-state index >= 15 is 0 Å². The van der Waals surface area contributed by atoms with Gasteiger partial charge in [-0.1, -0.05) is 64.4 Å². The molecule has 38 heavy (non-hydrogen) atoms. The van der Waals surface area contributed by atoms with Crippen molar-refractivity contribution in [1.29, 1.82) is 0 Å². The topological polar surface area (TPSA) is 105 Å². The van der Waals surface area contributed by atoms with Crippen LogP contribution in [0.15, 0.2) is 60.7 Å². The van der Waals surface area contributed by atoms with E-state index in [1.165, 1.54) is 12.2 Å². The Labute approximate surface area is 228 Å². The lowest BCUT2D eigenvalue weighted by atomic mass is 9.98. The lowest BCUT2D eigenvalue weighted by Gasteiger charge is -2.13. The first-order valence-corrected chi connectivity index (χ1v) is 14.9. The standard InChI is InChI=1S/C28H29NO7S2/c1-19(28(31)36-24-11-6-20(7-12-24)18-34-29(32)33)21-8-9-23-17-25(13-10-22(23)16-21)35-27(30)5-3-2-4-26-14-15-37-38-26/h6-13,16-17,19,26H,2-5,14-15,18H2,1H3/t19-,26+/m0/s1. The number of rotatable bonds is 12. The fraction of sp³-hybridized carbons (Fsp3) is 0.357. The van der Waals surface area contributed by atoms with Gasteiger partial charge in [0.05, 0.1) is 5.92 Å². The summed E-state index contributed by atoms with van der Waals surface area (Å²) >= 11 is 0. The van der Waals surface area contributed by atoms with Crippen molar-refractivity contribution in [1.82, 2.24) is 0 Å². The number of hydrogen-bond acceptors (Lipinski definition) is 9. The summed E-state index contributed by atoms with van der Waals surface area (Å²) in [5, 5.41) is 12.0. The number of esters is 2. The molecule has 1 aliphatic rings. The van der Waals surface area contributed by atoms with Gasteiger partial charge in [0.2, 0.25) is 0 Å². The SMILES string of the molecule is C[C@H](C(=O)Oc1ccc(CO[N+](=O)[O-])cc1)c1ccc2cc(OC(=O)CCCC[C@@H]3CCSS3)ccc2c1. The predicted octanol–water partition coefficient (Wildman–Crippen LogP) is 6.88. The van der Waals surface area contributed by atoms with Crippen LogP contribution >= 0.6 is 21.6 Å². The van der Waals surface area contributed by atoms with Crippen LogP contribution in [0.2, 0.25) is 0 Å². The predicted molar refractivity (Wildman–Crippen MR) is 149 cm³/mol. The minimum Gasteiger partial charge on any atom is -0.427 e. The molecule has 0 aromatic heterocycles. The molecular weight excluding hydrogens is 526 g/mol. The van der Waals surface area contributed by atoms with Crippen molar-refractivity contribution in [2.45, 2.75) is 56.8 Å².